The normalized spacial score (nSPS) is 14.3. The minimum atomic E-state index is -3.87. The molecule has 4 rings (SSSR count). The van der Waals surface area contributed by atoms with Gasteiger partial charge in [0.05, 0.1) is 27.0 Å². The van der Waals surface area contributed by atoms with E-state index in [0.717, 1.165) is 12.8 Å². The van der Waals surface area contributed by atoms with Crippen molar-refractivity contribution in [2.24, 2.45) is 0 Å². The van der Waals surface area contributed by atoms with E-state index in [4.69, 9.17) is 16.3 Å². The van der Waals surface area contributed by atoms with Crippen molar-refractivity contribution in [2.45, 2.75) is 29.6 Å². The van der Waals surface area contributed by atoms with Crippen LogP contribution in [0.4, 0.5) is 11.4 Å². The van der Waals surface area contributed by atoms with E-state index in [-0.39, 0.29) is 20.4 Å². The van der Waals surface area contributed by atoms with Gasteiger partial charge < -0.3 is 10.1 Å². The third kappa shape index (κ3) is 6.24. The van der Waals surface area contributed by atoms with E-state index in [2.05, 4.69) is 10.0 Å². The summed E-state index contributed by atoms with van der Waals surface area (Å²) in [6.07, 6.45) is 1.59. The number of hydrogen-bond acceptors (Lipinski definition) is 6. The number of nitrogens with one attached hydrogen (secondary N) is 2. The topological polar surface area (TPSA) is 122 Å². The molecule has 0 bridgehead atoms. The number of hydrogen-bond donors (Lipinski definition) is 2. The Kier molecular flexibility index (Phi) is 8.08. The Labute approximate surface area is 221 Å². The van der Waals surface area contributed by atoms with Gasteiger partial charge in [-0.3, -0.25) is 9.52 Å². The van der Waals surface area contributed by atoms with Gasteiger partial charge in [-0.15, -0.1) is 0 Å². The molecule has 0 aliphatic carbocycles. The fourth-order valence-corrected chi connectivity index (χ4v) is 6.64. The highest BCUT2D eigenvalue weighted by molar-refractivity contribution is 7.92. The fourth-order valence-electron chi connectivity index (χ4n) is 3.83. The monoisotopic (exact) mass is 563 g/mol. The van der Waals surface area contributed by atoms with Gasteiger partial charge >= 0.3 is 0 Å². The molecule has 196 valence electrons. The van der Waals surface area contributed by atoms with Crippen molar-refractivity contribution in [3.63, 3.8) is 0 Å². The average Bonchev–Trinajstić information content (AvgIpc) is 3.42. The van der Waals surface area contributed by atoms with Crippen molar-refractivity contribution in [1.29, 1.82) is 0 Å². The molecule has 12 heteroatoms. The predicted molar refractivity (Wildman–Crippen MR) is 142 cm³/mol. The number of sulfonamides is 2. The zero-order valence-electron chi connectivity index (χ0n) is 20.0. The number of ether oxygens (including phenoxy) is 1. The minimum Gasteiger partial charge on any atom is -0.494 e. The van der Waals surface area contributed by atoms with Crippen LogP contribution in [-0.2, 0) is 20.0 Å². The van der Waals surface area contributed by atoms with Crippen LogP contribution in [0.25, 0.3) is 0 Å². The molecule has 0 unspecified atom stereocenters. The first-order valence-corrected chi connectivity index (χ1v) is 14.9. The van der Waals surface area contributed by atoms with Crippen LogP contribution in [0.5, 0.6) is 5.75 Å². The van der Waals surface area contributed by atoms with Crippen LogP contribution in [0.2, 0.25) is 5.02 Å². The predicted octanol–water partition coefficient (Wildman–Crippen LogP) is 4.58. The standard InChI is InChI=1S/C25H26ClN3O6S2/c1-2-35-20-9-5-19(6-10-20)28-36(31,32)21-11-7-18(8-12-21)27-25(30)23-17-22(13-14-24(23)26)37(33,34)29-15-3-4-16-29/h5-14,17,28H,2-4,15-16H2,1H3,(H,27,30). The van der Waals surface area contributed by atoms with Gasteiger partial charge in [-0.1, -0.05) is 11.6 Å². The van der Waals surface area contributed by atoms with Crippen LogP contribution in [0, 0.1) is 0 Å². The number of amides is 1. The van der Waals surface area contributed by atoms with Crippen LogP contribution < -0.4 is 14.8 Å². The molecule has 1 fully saturated rings. The van der Waals surface area contributed by atoms with Crippen LogP contribution in [0.15, 0.2) is 76.5 Å². The lowest BCUT2D eigenvalue weighted by molar-refractivity contribution is 0.102. The second-order valence-corrected chi connectivity index (χ2v) is 12.3. The molecule has 1 heterocycles. The summed E-state index contributed by atoms with van der Waals surface area (Å²) >= 11 is 6.19. The molecule has 2 N–H and O–H groups in total. The highest BCUT2D eigenvalue weighted by atomic mass is 35.5. The van der Waals surface area contributed by atoms with E-state index in [1.807, 2.05) is 6.92 Å². The Morgan fingerprint density at radius 3 is 2.11 bits per heavy atom. The molecule has 1 saturated heterocycles. The molecule has 3 aromatic rings. The van der Waals surface area contributed by atoms with E-state index in [1.54, 1.807) is 24.3 Å². The number of carbonyl (C=O) groups excluding carboxylic acids is 1. The zero-order valence-corrected chi connectivity index (χ0v) is 22.4. The summed E-state index contributed by atoms with van der Waals surface area (Å²) in [5.41, 5.74) is 0.684. The second-order valence-electron chi connectivity index (χ2n) is 8.29. The Hall–Kier alpha value is -3.12. The summed E-state index contributed by atoms with van der Waals surface area (Å²) in [4.78, 5) is 12.9. The van der Waals surface area contributed by atoms with Crippen molar-refractivity contribution in [3.8, 4) is 5.75 Å². The Morgan fingerprint density at radius 1 is 0.892 bits per heavy atom. The van der Waals surface area contributed by atoms with Gasteiger partial charge in [0.15, 0.2) is 0 Å². The fraction of sp³-hybridized carbons (Fsp3) is 0.240. The van der Waals surface area contributed by atoms with Gasteiger partial charge in [-0.25, -0.2) is 16.8 Å². The van der Waals surface area contributed by atoms with E-state index >= 15 is 0 Å². The molecule has 0 atom stereocenters. The average molecular weight is 564 g/mol. The van der Waals surface area contributed by atoms with E-state index < -0.39 is 26.0 Å². The van der Waals surface area contributed by atoms with Gasteiger partial charge in [0.25, 0.3) is 15.9 Å². The van der Waals surface area contributed by atoms with Crippen molar-refractivity contribution in [3.05, 3.63) is 77.3 Å². The third-order valence-corrected chi connectivity index (χ3v) is 9.35. The maximum atomic E-state index is 12.9. The van der Waals surface area contributed by atoms with E-state index in [1.165, 1.54) is 46.8 Å². The lowest BCUT2D eigenvalue weighted by Gasteiger charge is -2.16. The van der Waals surface area contributed by atoms with Gasteiger partial charge in [0, 0.05) is 24.5 Å². The molecule has 37 heavy (non-hydrogen) atoms. The number of carbonyl (C=O) groups is 1. The molecule has 1 aliphatic rings. The number of halogens is 1. The maximum Gasteiger partial charge on any atom is 0.261 e. The highest BCUT2D eigenvalue weighted by Gasteiger charge is 2.28. The lowest BCUT2D eigenvalue weighted by Crippen LogP contribution is -2.28. The van der Waals surface area contributed by atoms with Crippen LogP contribution >= 0.6 is 11.6 Å². The van der Waals surface area contributed by atoms with E-state index in [0.29, 0.717) is 36.8 Å². The summed E-state index contributed by atoms with van der Waals surface area (Å²) < 4.78 is 60.5. The quantitative estimate of drug-likeness (QED) is 0.393. The van der Waals surface area contributed by atoms with Gasteiger partial charge in [0.1, 0.15) is 5.75 Å². The van der Waals surface area contributed by atoms with Crippen molar-refractivity contribution >= 4 is 48.9 Å². The lowest BCUT2D eigenvalue weighted by atomic mass is 10.2. The summed E-state index contributed by atoms with van der Waals surface area (Å²) in [6, 6.07) is 16.1. The van der Waals surface area contributed by atoms with Crippen molar-refractivity contribution in [1.82, 2.24) is 4.31 Å². The molecule has 3 aromatic carbocycles. The molecule has 0 aromatic heterocycles. The summed E-state index contributed by atoms with van der Waals surface area (Å²) in [5, 5.41) is 2.73. The smallest absolute Gasteiger partial charge is 0.261 e. The van der Waals surface area contributed by atoms with Crippen LogP contribution in [0.1, 0.15) is 30.1 Å². The molecule has 0 saturated carbocycles. The van der Waals surface area contributed by atoms with Crippen molar-refractivity contribution < 1.29 is 26.4 Å². The molecule has 9 nitrogen and oxygen atoms in total. The number of benzene rings is 3. The maximum absolute atomic E-state index is 12.9. The van der Waals surface area contributed by atoms with Gasteiger partial charge in [-0.2, -0.15) is 4.31 Å². The minimum absolute atomic E-state index is 0.00359. The molecule has 1 aliphatic heterocycles. The second kappa shape index (κ2) is 11.1. The Balaban J connectivity index is 1.47. The zero-order chi connectivity index (χ0) is 26.6. The summed E-state index contributed by atoms with van der Waals surface area (Å²) in [6.45, 7) is 3.24. The van der Waals surface area contributed by atoms with Crippen molar-refractivity contribution in [2.75, 3.05) is 29.7 Å². The number of nitrogens with zero attached hydrogens (tertiary/aromatic N) is 1. The molecule has 1 amide bonds. The first-order chi connectivity index (χ1) is 17.6. The SMILES string of the molecule is CCOc1ccc(NS(=O)(=O)c2ccc(NC(=O)c3cc(S(=O)(=O)N4CCCC4)ccc3Cl)cc2)cc1. The number of rotatable bonds is 9. The Morgan fingerprint density at radius 2 is 1.49 bits per heavy atom. The van der Waals surface area contributed by atoms with Gasteiger partial charge in [-0.05, 0) is 86.5 Å². The highest BCUT2D eigenvalue weighted by Crippen LogP contribution is 2.26. The van der Waals surface area contributed by atoms with Crippen LogP contribution in [0.3, 0.4) is 0 Å². The third-order valence-electron chi connectivity index (χ3n) is 5.73. The largest absolute Gasteiger partial charge is 0.494 e. The molecule has 0 radical (unpaired) electrons. The van der Waals surface area contributed by atoms with Crippen LogP contribution in [-0.4, -0.2) is 46.7 Å². The summed E-state index contributed by atoms with van der Waals surface area (Å²) in [7, 11) is -7.59. The molecular weight excluding hydrogens is 538 g/mol. The molecule has 0 spiro atoms. The summed E-state index contributed by atoms with van der Waals surface area (Å²) in [5.74, 6) is 0.0106. The first kappa shape index (κ1) is 26.9. The molecular formula is C25H26ClN3O6S2. The van der Waals surface area contributed by atoms with E-state index in [9.17, 15) is 21.6 Å². The number of anilines is 2. The Bertz CT molecular complexity index is 1490. The first-order valence-electron chi connectivity index (χ1n) is 11.6. The van der Waals surface area contributed by atoms with Gasteiger partial charge in [0.2, 0.25) is 10.0 Å².